The Hall–Kier alpha value is -2.08. The molecule has 1 aliphatic rings. The lowest BCUT2D eigenvalue weighted by Crippen LogP contribution is -2.45. The number of amidine groups is 1. The van der Waals surface area contributed by atoms with Crippen molar-refractivity contribution in [3.05, 3.63) is 29.8 Å². The van der Waals surface area contributed by atoms with Gasteiger partial charge in [-0.2, -0.15) is 4.99 Å². The lowest BCUT2D eigenvalue weighted by Gasteiger charge is -2.31. The molecule has 3 N–H and O–H groups in total. The molecule has 0 saturated carbocycles. The van der Waals surface area contributed by atoms with Crippen molar-refractivity contribution in [3.63, 3.8) is 0 Å². The number of hydrogen-bond donors (Lipinski definition) is 2. The molecule has 22 heavy (non-hydrogen) atoms. The van der Waals surface area contributed by atoms with E-state index >= 15 is 0 Å². The SMILES string of the molecule is CC(C(N)=NC(=O)OCc1ccc(O)cc1)N1CCCCC1. The molecular formula is C16H23N3O3. The predicted octanol–water partition coefficient (Wildman–Crippen LogP) is 2.26. The van der Waals surface area contributed by atoms with Gasteiger partial charge >= 0.3 is 6.09 Å². The van der Waals surface area contributed by atoms with Gasteiger partial charge in [-0.1, -0.05) is 18.6 Å². The number of ether oxygens (including phenoxy) is 1. The zero-order valence-electron chi connectivity index (χ0n) is 12.9. The lowest BCUT2D eigenvalue weighted by molar-refractivity contribution is 0.150. The number of rotatable bonds is 4. The first kappa shape index (κ1) is 16.3. The smallest absolute Gasteiger partial charge is 0.435 e. The summed E-state index contributed by atoms with van der Waals surface area (Å²) in [6, 6.07) is 6.40. The van der Waals surface area contributed by atoms with Gasteiger partial charge in [0, 0.05) is 0 Å². The monoisotopic (exact) mass is 305 g/mol. The number of piperidine rings is 1. The number of nitrogens with zero attached hydrogens (tertiary/aromatic N) is 2. The highest BCUT2D eigenvalue weighted by Crippen LogP contribution is 2.13. The fourth-order valence-electron chi connectivity index (χ4n) is 2.46. The highest BCUT2D eigenvalue weighted by atomic mass is 16.5. The summed E-state index contributed by atoms with van der Waals surface area (Å²) in [6.07, 6.45) is 2.87. The average molecular weight is 305 g/mol. The van der Waals surface area contributed by atoms with Gasteiger partial charge < -0.3 is 15.6 Å². The van der Waals surface area contributed by atoms with Gasteiger partial charge in [0.1, 0.15) is 18.2 Å². The van der Waals surface area contributed by atoms with Crippen molar-refractivity contribution in [1.29, 1.82) is 0 Å². The molecule has 1 aromatic carbocycles. The number of hydrogen-bond acceptors (Lipinski definition) is 4. The fourth-order valence-corrected chi connectivity index (χ4v) is 2.46. The fraction of sp³-hybridized carbons (Fsp3) is 0.500. The van der Waals surface area contributed by atoms with E-state index in [-0.39, 0.29) is 24.2 Å². The van der Waals surface area contributed by atoms with Crippen LogP contribution in [0.15, 0.2) is 29.3 Å². The number of aliphatic imine (C=N–C) groups is 1. The van der Waals surface area contributed by atoms with Gasteiger partial charge in [-0.3, -0.25) is 4.90 Å². The maximum atomic E-state index is 11.7. The van der Waals surface area contributed by atoms with Crippen molar-refractivity contribution >= 4 is 11.9 Å². The second kappa shape index (κ2) is 7.79. The van der Waals surface area contributed by atoms with Gasteiger partial charge in [-0.15, -0.1) is 0 Å². The normalized spacial score (nSPS) is 18.0. The topological polar surface area (TPSA) is 88.1 Å². The van der Waals surface area contributed by atoms with Crippen molar-refractivity contribution in [2.24, 2.45) is 10.7 Å². The number of nitrogens with two attached hydrogens (primary N) is 1. The van der Waals surface area contributed by atoms with E-state index in [1.165, 1.54) is 6.42 Å². The molecule has 0 bridgehead atoms. The van der Waals surface area contributed by atoms with Gasteiger partial charge in [0.25, 0.3) is 0 Å². The van der Waals surface area contributed by atoms with Gasteiger partial charge in [-0.25, -0.2) is 4.79 Å². The van der Waals surface area contributed by atoms with Crippen molar-refractivity contribution < 1.29 is 14.6 Å². The maximum Gasteiger partial charge on any atom is 0.435 e. The highest BCUT2D eigenvalue weighted by molar-refractivity contribution is 5.93. The quantitative estimate of drug-likeness (QED) is 0.658. The molecule has 0 spiro atoms. The van der Waals surface area contributed by atoms with Crippen molar-refractivity contribution in [1.82, 2.24) is 4.90 Å². The van der Waals surface area contributed by atoms with E-state index in [2.05, 4.69) is 9.89 Å². The summed E-state index contributed by atoms with van der Waals surface area (Å²) >= 11 is 0. The van der Waals surface area contributed by atoms with Crippen LogP contribution in [0.2, 0.25) is 0 Å². The minimum absolute atomic E-state index is 0.0541. The molecule has 1 fully saturated rings. The third kappa shape index (κ3) is 4.73. The molecule has 0 radical (unpaired) electrons. The molecule has 0 aromatic heterocycles. The van der Waals surface area contributed by atoms with Gasteiger partial charge in [0.2, 0.25) is 0 Å². The minimum atomic E-state index is -0.686. The second-order valence-corrected chi connectivity index (χ2v) is 5.53. The van der Waals surface area contributed by atoms with Crippen LogP contribution in [0.4, 0.5) is 4.79 Å². The van der Waals surface area contributed by atoms with Crippen LogP contribution in [0.25, 0.3) is 0 Å². The van der Waals surface area contributed by atoms with Crippen LogP contribution in [-0.4, -0.2) is 41.1 Å². The minimum Gasteiger partial charge on any atom is -0.508 e. The van der Waals surface area contributed by atoms with E-state index in [1.54, 1.807) is 24.3 Å². The maximum absolute atomic E-state index is 11.7. The molecule has 0 aliphatic carbocycles. The number of carbonyl (C=O) groups is 1. The summed E-state index contributed by atoms with van der Waals surface area (Å²) in [7, 11) is 0. The van der Waals surface area contributed by atoms with E-state index in [9.17, 15) is 9.90 Å². The van der Waals surface area contributed by atoms with E-state index in [0.29, 0.717) is 0 Å². The Morgan fingerprint density at radius 1 is 1.32 bits per heavy atom. The van der Waals surface area contributed by atoms with Gasteiger partial charge in [0.05, 0.1) is 6.04 Å². The van der Waals surface area contributed by atoms with Crippen LogP contribution >= 0.6 is 0 Å². The van der Waals surface area contributed by atoms with Crippen LogP contribution in [-0.2, 0) is 11.3 Å². The first-order valence-corrected chi connectivity index (χ1v) is 7.59. The molecule has 2 rings (SSSR count). The molecular weight excluding hydrogens is 282 g/mol. The second-order valence-electron chi connectivity index (χ2n) is 5.53. The molecule has 6 heteroatoms. The average Bonchev–Trinajstić information content (AvgIpc) is 2.54. The zero-order valence-corrected chi connectivity index (χ0v) is 12.9. The van der Waals surface area contributed by atoms with Gasteiger partial charge in [-0.05, 0) is 50.6 Å². The number of amides is 1. The Morgan fingerprint density at radius 3 is 2.59 bits per heavy atom. The molecule has 1 atom stereocenters. The molecule has 1 unspecified atom stereocenters. The Morgan fingerprint density at radius 2 is 1.95 bits per heavy atom. The Bertz CT molecular complexity index is 522. The van der Waals surface area contributed by atoms with Crippen LogP contribution in [0, 0.1) is 0 Å². The third-order valence-electron chi connectivity index (χ3n) is 3.89. The highest BCUT2D eigenvalue weighted by Gasteiger charge is 2.20. The summed E-state index contributed by atoms with van der Waals surface area (Å²) in [5.41, 5.74) is 6.69. The summed E-state index contributed by atoms with van der Waals surface area (Å²) in [6.45, 7) is 4.03. The zero-order chi connectivity index (χ0) is 15.9. The van der Waals surface area contributed by atoms with Crippen LogP contribution in [0.3, 0.4) is 0 Å². The van der Waals surface area contributed by atoms with E-state index in [0.717, 1.165) is 31.5 Å². The summed E-state index contributed by atoms with van der Waals surface area (Å²) < 4.78 is 5.07. The molecule has 1 amide bonds. The number of phenols is 1. The molecule has 1 heterocycles. The van der Waals surface area contributed by atoms with Gasteiger partial charge in [0.15, 0.2) is 0 Å². The largest absolute Gasteiger partial charge is 0.508 e. The molecule has 6 nitrogen and oxygen atoms in total. The summed E-state index contributed by atoms with van der Waals surface area (Å²) in [5, 5.41) is 9.19. The summed E-state index contributed by atoms with van der Waals surface area (Å²) in [4.78, 5) is 17.8. The molecule has 1 aliphatic heterocycles. The Labute approximate surface area is 130 Å². The number of benzene rings is 1. The van der Waals surface area contributed by atoms with Crippen molar-refractivity contribution in [2.45, 2.75) is 38.8 Å². The van der Waals surface area contributed by atoms with Crippen LogP contribution in [0.1, 0.15) is 31.7 Å². The Kier molecular flexibility index (Phi) is 5.77. The standard InChI is InChI=1S/C16H23N3O3/c1-12(19-9-3-2-4-10-19)15(17)18-16(21)22-11-13-5-7-14(20)8-6-13/h5-8,12,20H,2-4,9-11H2,1H3,(H2,17,18,21). The van der Waals surface area contributed by atoms with E-state index in [4.69, 9.17) is 10.5 Å². The number of likely N-dealkylation sites (tertiary alicyclic amines) is 1. The molecule has 1 saturated heterocycles. The number of phenolic OH excluding ortho intramolecular Hbond substituents is 1. The van der Waals surface area contributed by atoms with Crippen molar-refractivity contribution in [3.8, 4) is 5.75 Å². The van der Waals surface area contributed by atoms with E-state index < -0.39 is 6.09 Å². The van der Waals surface area contributed by atoms with E-state index in [1.807, 2.05) is 6.92 Å². The first-order chi connectivity index (χ1) is 10.6. The lowest BCUT2D eigenvalue weighted by atomic mass is 10.1. The first-order valence-electron chi connectivity index (χ1n) is 7.59. The van der Waals surface area contributed by atoms with Crippen molar-refractivity contribution in [2.75, 3.05) is 13.1 Å². The third-order valence-corrected chi connectivity index (χ3v) is 3.89. The van der Waals surface area contributed by atoms with Crippen LogP contribution < -0.4 is 5.73 Å². The summed E-state index contributed by atoms with van der Waals surface area (Å²) in [5.74, 6) is 0.463. The molecule has 120 valence electrons. The Balaban J connectivity index is 1.84. The molecule has 1 aromatic rings. The number of aromatic hydroxyl groups is 1. The number of carbonyl (C=O) groups excluding carboxylic acids is 1. The predicted molar refractivity (Wildman–Crippen MR) is 84.8 cm³/mol. The van der Waals surface area contributed by atoms with Crippen LogP contribution in [0.5, 0.6) is 5.75 Å².